The Labute approximate surface area is 173 Å². The van der Waals surface area contributed by atoms with Crippen LogP contribution in [0.25, 0.3) is 11.3 Å². The number of rotatable bonds is 4. The molecule has 2 aliphatic heterocycles. The highest BCUT2D eigenvalue weighted by Gasteiger charge is 2.17. The normalized spacial score (nSPS) is 15.7. The van der Waals surface area contributed by atoms with Gasteiger partial charge in [0.05, 0.1) is 18.9 Å². The molecular weight excluding hydrogens is 384 g/mol. The van der Waals surface area contributed by atoms with E-state index in [1.165, 1.54) is 0 Å². The van der Waals surface area contributed by atoms with E-state index in [1.807, 2.05) is 30.3 Å². The minimum absolute atomic E-state index is 0.468. The zero-order valence-corrected chi connectivity index (χ0v) is 16.4. The first-order chi connectivity index (χ1) is 14.7. The van der Waals surface area contributed by atoms with Gasteiger partial charge < -0.3 is 30.2 Å². The number of nitrogens with zero attached hydrogens (tertiary/aromatic N) is 4. The Hall–Kier alpha value is -3.59. The van der Waals surface area contributed by atoms with Crippen LogP contribution in [-0.2, 0) is 4.74 Å². The highest BCUT2D eigenvalue weighted by molar-refractivity contribution is 5.69. The summed E-state index contributed by atoms with van der Waals surface area (Å²) in [4.78, 5) is 15.8. The van der Waals surface area contributed by atoms with Gasteiger partial charge in [-0.15, -0.1) is 0 Å². The molecule has 5 rings (SSSR count). The van der Waals surface area contributed by atoms with E-state index in [2.05, 4.69) is 15.2 Å². The Morgan fingerprint density at radius 3 is 2.53 bits per heavy atom. The summed E-state index contributed by atoms with van der Waals surface area (Å²) in [5.41, 5.74) is 8.22. The smallest absolute Gasteiger partial charge is 0.228 e. The molecule has 154 valence electrons. The quantitative estimate of drug-likeness (QED) is 0.675. The predicted molar refractivity (Wildman–Crippen MR) is 113 cm³/mol. The van der Waals surface area contributed by atoms with Gasteiger partial charge in [-0.25, -0.2) is 9.97 Å². The summed E-state index contributed by atoms with van der Waals surface area (Å²) >= 11 is 0. The van der Waals surface area contributed by atoms with Crippen molar-refractivity contribution in [2.75, 3.05) is 55.5 Å². The molecule has 0 bridgehead atoms. The lowest BCUT2D eigenvalue weighted by Gasteiger charge is -2.27. The van der Waals surface area contributed by atoms with E-state index in [4.69, 9.17) is 29.9 Å². The van der Waals surface area contributed by atoms with Gasteiger partial charge in [-0.2, -0.15) is 4.98 Å². The molecule has 0 unspecified atom stereocenters. The van der Waals surface area contributed by atoms with Gasteiger partial charge in [0, 0.05) is 42.7 Å². The van der Waals surface area contributed by atoms with Crippen LogP contribution in [0.4, 0.5) is 23.3 Å². The largest absolute Gasteiger partial charge is 0.486 e. The van der Waals surface area contributed by atoms with Crippen molar-refractivity contribution in [3.63, 3.8) is 0 Å². The standard InChI is InChI=1S/C21H22N6O3/c22-19-4-1-14(13-23-19)16-12-20(26-21(25-16)27-5-7-28-8-6-27)24-15-2-3-17-18(11-15)30-10-9-29-17/h1-4,11-13H,5-10H2,(H2,22,23)(H,24,25,26). The van der Waals surface area contributed by atoms with Gasteiger partial charge in [-0.3, -0.25) is 0 Å². The Balaban J connectivity index is 1.49. The molecule has 3 N–H and O–H groups in total. The van der Waals surface area contributed by atoms with Crippen LogP contribution in [0.5, 0.6) is 11.5 Å². The fourth-order valence-electron chi connectivity index (χ4n) is 3.38. The summed E-state index contributed by atoms with van der Waals surface area (Å²) in [5, 5.41) is 3.37. The second-order valence-electron chi connectivity index (χ2n) is 6.99. The Kier molecular flexibility index (Phi) is 4.94. The van der Waals surface area contributed by atoms with E-state index in [1.54, 1.807) is 12.3 Å². The Morgan fingerprint density at radius 2 is 1.73 bits per heavy atom. The molecule has 0 amide bonds. The van der Waals surface area contributed by atoms with Crippen molar-refractivity contribution >= 4 is 23.3 Å². The fraction of sp³-hybridized carbons (Fsp3) is 0.286. The van der Waals surface area contributed by atoms with E-state index in [0.717, 1.165) is 41.5 Å². The molecule has 1 saturated heterocycles. The maximum absolute atomic E-state index is 5.74. The maximum Gasteiger partial charge on any atom is 0.228 e. The monoisotopic (exact) mass is 406 g/mol. The second-order valence-corrected chi connectivity index (χ2v) is 6.99. The van der Waals surface area contributed by atoms with Crippen LogP contribution in [0.3, 0.4) is 0 Å². The van der Waals surface area contributed by atoms with Crippen LogP contribution in [0.2, 0.25) is 0 Å². The van der Waals surface area contributed by atoms with Crippen molar-refractivity contribution in [2.45, 2.75) is 0 Å². The number of morpholine rings is 1. The molecule has 1 fully saturated rings. The van der Waals surface area contributed by atoms with Crippen LogP contribution in [0.15, 0.2) is 42.6 Å². The Morgan fingerprint density at radius 1 is 0.900 bits per heavy atom. The van der Waals surface area contributed by atoms with E-state index >= 15 is 0 Å². The third kappa shape index (κ3) is 3.92. The number of hydrogen-bond donors (Lipinski definition) is 2. The lowest BCUT2D eigenvalue weighted by molar-refractivity contribution is 0.122. The molecule has 4 heterocycles. The molecule has 0 spiro atoms. The lowest BCUT2D eigenvalue weighted by Crippen LogP contribution is -2.37. The molecule has 30 heavy (non-hydrogen) atoms. The van der Waals surface area contributed by atoms with Crippen molar-refractivity contribution in [1.82, 2.24) is 15.0 Å². The molecule has 0 atom stereocenters. The number of aromatic nitrogens is 3. The number of nitrogens with two attached hydrogens (primary N) is 1. The van der Waals surface area contributed by atoms with E-state index in [0.29, 0.717) is 44.0 Å². The van der Waals surface area contributed by atoms with Gasteiger partial charge >= 0.3 is 0 Å². The average Bonchev–Trinajstić information content (AvgIpc) is 2.80. The van der Waals surface area contributed by atoms with Crippen molar-refractivity contribution in [2.24, 2.45) is 0 Å². The summed E-state index contributed by atoms with van der Waals surface area (Å²) in [7, 11) is 0. The van der Waals surface area contributed by atoms with Crippen LogP contribution in [-0.4, -0.2) is 54.5 Å². The molecule has 1 aromatic carbocycles. The number of hydrogen-bond acceptors (Lipinski definition) is 9. The predicted octanol–water partition coefficient (Wildman–Crippen LogP) is 2.47. The molecule has 3 aromatic rings. The fourth-order valence-corrected chi connectivity index (χ4v) is 3.38. The summed E-state index contributed by atoms with van der Waals surface area (Å²) in [6.45, 7) is 3.90. The highest BCUT2D eigenvalue weighted by atomic mass is 16.6. The number of nitrogens with one attached hydrogen (secondary N) is 1. The average molecular weight is 406 g/mol. The summed E-state index contributed by atoms with van der Waals surface area (Å²) < 4.78 is 16.8. The number of ether oxygens (including phenoxy) is 3. The topological polar surface area (TPSA) is 108 Å². The first-order valence-electron chi connectivity index (χ1n) is 9.85. The number of pyridine rings is 1. The Bertz CT molecular complexity index is 1040. The summed E-state index contributed by atoms with van der Waals surface area (Å²) in [6.07, 6.45) is 1.72. The van der Waals surface area contributed by atoms with Gasteiger partial charge in [0.2, 0.25) is 5.95 Å². The van der Waals surface area contributed by atoms with E-state index in [-0.39, 0.29) is 0 Å². The number of fused-ring (bicyclic) bond motifs is 1. The van der Waals surface area contributed by atoms with Crippen molar-refractivity contribution in [3.8, 4) is 22.8 Å². The molecule has 2 aromatic heterocycles. The van der Waals surface area contributed by atoms with Gasteiger partial charge in [0.1, 0.15) is 24.8 Å². The molecule has 9 nitrogen and oxygen atoms in total. The third-order valence-electron chi connectivity index (χ3n) is 4.90. The zero-order chi connectivity index (χ0) is 20.3. The first-order valence-corrected chi connectivity index (χ1v) is 9.85. The molecule has 0 radical (unpaired) electrons. The van der Waals surface area contributed by atoms with Crippen molar-refractivity contribution < 1.29 is 14.2 Å². The lowest BCUT2D eigenvalue weighted by atomic mass is 10.2. The van der Waals surface area contributed by atoms with E-state index in [9.17, 15) is 0 Å². The number of benzene rings is 1. The van der Waals surface area contributed by atoms with Gasteiger partial charge in [0.25, 0.3) is 0 Å². The van der Waals surface area contributed by atoms with Crippen molar-refractivity contribution in [1.29, 1.82) is 0 Å². The minimum atomic E-state index is 0.468. The second kappa shape index (κ2) is 8.03. The highest BCUT2D eigenvalue weighted by Crippen LogP contribution is 2.34. The molecule has 2 aliphatic rings. The van der Waals surface area contributed by atoms with Crippen LogP contribution >= 0.6 is 0 Å². The molecule has 9 heteroatoms. The van der Waals surface area contributed by atoms with E-state index < -0.39 is 0 Å². The van der Waals surface area contributed by atoms with Crippen molar-refractivity contribution in [3.05, 3.63) is 42.6 Å². The zero-order valence-electron chi connectivity index (χ0n) is 16.4. The minimum Gasteiger partial charge on any atom is -0.486 e. The molecular formula is C21H22N6O3. The van der Waals surface area contributed by atoms with Crippen LogP contribution in [0, 0.1) is 0 Å². The van der Waals surface area contributed by atoms with Gasteiger partial charge in [0.15, 0.2) is 11.5 Å². The summed E-state index contributed by atoms with van der Waals surface area (Å²) in [5.74, 6) is 3.26. The SMILES string of the molecule is Nc1ccc(-c2cc(Nc3ccc4c(c3)OCCO4)nc(N3CCOCC3)n2)cn1. The van der Waals surface area contributed by atoms with Crippen LogP contribution < -0.4 is 25.4 Å². The first kappa shape index (κ1) is 18.4. The number of anilines is 4. The molecule has 0 aliphatic carbocycles. The number of nitrogen functional groups attached to an aromatic ring is 1. The van der Waals surface area contributed by atoms with Gasteiger partial charge in [-0.1, -0.05) is 0 Å². The van der Waals surface area contributed by atoms with Crippen LogP contribution in [0.1, 0.15) is 0 Å². The third-order valence-corrected chi connectivity index (χ3v) is 4.90. The molecule has 0 saturated carbocycles. The summed E-state index contributed by atoms with van der Waals surface area (Å²) in [6, 6.07) is 11.3. The van der Waals surface area contributed by atoms with Gasteiger partial charge in [-0.05, 0) is 24.3 Å². The maximum atomic E-state index is 5.74.